The maximum atomic E-state index is 9.55. The quantitative estimate of drug-likeness (QED) is 0.525. The Morgan fingerprint density at radius 2 is 1.12 bits per heavy atom. The Hall–Kier alpha value is -3.94. The minimum Gasteiger partial charge on any atom is -0.478 e. The van der Waals surface area contributed by atoms with Gasteiger partial charge in [0.25, 0.3) is 0 Å². The molecular formula is C18H14N2O6. The van der Waals surface area contributed by atoms with Gasteiger partial charge < -0.3 is 19.3 Å². The molecule has 4 rings (SSSR count). The van der Waals surface area contributed by atoms with Gasteiger partial charge in [0.1, 0.15) is 0 Å². The summed E-state index contributed by atoms with van der Waals surface area (Å²) in [4.78, 5) is 19.1. The van der Waals surface area contributed by atoms with Crippen LogP contribution >= 0.6 is 0 Å². The highest BCUT2D eigenvalue weighted by Crippen LogP contribution is 2.11. The predicted molar refractivity (Wildman–Crippen MR) is 92.4 cm³/mol. The summed E-state index contributed by atoms with van der Waals surface area (Å²) in [5.41, 5.74) is 1.69. The molecule has 132 valence electrons. The number of carbonyl (C=O) groups is 2. The number of rotatable bonds is 2. The van der Waals surface area contributed by atoms with Gasteiger partial charge in [0, 0.05) is 22.9 Å². The van der Waals surface area contributed by atoms with Crippen LogP contribution in [0, 0.1) is 0 Å². The van der Waals surface area contributed by atoms with Gasteiger partial charge in [-0.2, -0.15) is 0 Å². The van der Waals surface area contributed by atoms with Crippen LogP contribution in [-0.2, 0) is 9.59 Å². The van der Waals surface area contributed by atoms with Crippen molar-refractivity contribution in [2.24, 2.45) is 0 Å². The van der Waals surface area contributed by atoms with Gasteiger partial charge in [0.2, 0.25) is 0 Å². The van der Waals surface area contributed by atoms with Gasteiger partial charge in [0.05, 0.1) is 12.4 Å². The van der Waals surface area contributed by atoms with Gasteiger partial charge in [0.15, 0.2) is 11.2 Å². The van der Waals surface area contributed by atoms with Gasteiger partial charge in [-0.3, -0.25) is 0 Å². The molecule has 0 aliphatic rings. The summed E-state index contributed by atoms with van der Waals surface area (Å²) < 4.78 is 9.74. The maximum absolute atomic E-state index is 9.55. The molecule has 2 aromatic heterocycles. The zero-order valence-electron chi connectivity index (χ0n) is 13.4. The Morgan fingerprint density at radius 3 is 1.46 bits per heavy atom. The highest BCUT2D eigenvalue weighted by atomic mass is 16.5. The van der Waals surface area contributed by atoms with Crippen LogP contribution in [0.3, 0.4) is 0 Å². The van der Waals surface area contributed by atoms with Crippen LogP contribution in [0.4, 0.5) is 0 Å². The lowest BCUT2D eigenvalue weighted by molar-refractivity contribution is -0.134. The summed E-state index contributed by atoms with van der Waals surface area (Å²) in [6, 6.07) is 15.5. The van der Waals surface area contributed by atoms with Crippen molar-refractivity contribution in [3.63, 3.8) is 0 Å². The molecule has 0 bridgehead atoms. The van der Waals surface area contributed by atoms with Crippen molar-refractivity contribution < 1.29 is 28.8 Å². The second-order valence-electron chi connectivity index (χ2n) is 4.74. The number of carboxylic acids is 2. The van der Waals surface area contributed by atoms with Gasteiger partial charge in [-0.1, -0.05) is 34.6 Å². The average Bonchev–Trinajstić information content (AvgIpc) is 3.30. The summed E-state index contributed by atoms with van der Waals surface area (Å²) in [5, 5.41) is 25.0. The molecule has 2 heterocycles. The molecule has 0 unspecified atom stereocenters. The third kappa shape index (κ3) is 5.93. The maximum Gasteiger partial charge on any atom is 0.328 e. The van der Waals surface area contributed by atoms with Crippen molar-refractivity contribution in [3.8, 4) is 0 Å². The molecule has 0 fully saturated rings. The fourth-order valence-electron chi connectivity index (χ4n) is 1.76. The van der Waals surface area contributed by atoms with E-state index in [4.69, 9.17) is 19.3 Å². The molecule has 0 radical (unpaired) electrons. The number of aliphatic carboxylic acids is 2. The van der Waals surface area contributed by atoms with Crippen molar-refractivity contribution in [2.45, 2.75) is 0 Å². The smallest absolute Gasteiger partial charge is 0.328 e. The lowest BCUT2D eigenvalue weighted by atomic mass is 10.3. The molecule has 2 N–H and O–H groups in total. The largest absolute Gasteiger partial charge is 0.478 e. The van der Waals surface area contributed by atoms with Crippen molar-refractivity contribution in [2.75, 3.05) is 0 Å². The van der Waals surface area contributed by atoms with Crippen LogP contribution in [-0.4, -0.2) is 32.5 Å². The van der Waals surface area contributed by atoms with Crippen LogP contribution in [0.5, 0.6) is 0 Å². The average molecular weight is 354 g/mol. The fraction of sp³-hybridized carbons (Fsp3) is 0. The molecule has 0 aliphatic carbocycles. The predicted octanol–water partition coefficient (Wildman–Crippen LogP) is 3.37. The number of carboxylic acid groups (broad SMARTS) is 2. The van der Waals surface area contributed by atoms with E-state index in [1.165, 1.54) is 0 Å². The van der Waals surface area contributed by atoms with E-state index in [1.807, 2.05) is 48.5 Å². The first-order valence-corrected chi connectivity index (χ1v) is 7.29. The van der Waals surface area contributed by atoms with Crippen molar-refractivity contribution in [3.05, 3.63) is 73.1 Å². The Kier molecular flexibility index (Phi) is 6.64. The first-order valence-electron chi connectivity index (χ1n) is 7.29. The fourth-order valence-corrected chi connectivity index (χ4v) is 1.76. The molecule has 2 aromatic carbocycles. The third-order valence-electron chi connectivity index (χ3n) is 2.89. The monoisotopic (exact) mass is 354 g/mol. The van der Waals surface area contributed by atoms with Gasteiger partial charge in [-0.25, -0.2) is 9.59 Å². The number of aromatic nitrogens is 2. The van der Waals surface area contributed by atoms with E-state index in [-0.39, 0.29) is 0 Å². The summed E-state index contributed by atoms with van der Waals surface area (Å²) in [6.45, 7) is 0. The lowest BCUT2D eigenvalue weighted by Gasteiger charge is -1.78. The molecule has 0 saturated heterocycles. The van der Waals surface area contributed by atoms with Crippen LogP contribution in [0.2, 0.25) is 0 Å². The summed E-state index contributed by atoms with van der Waals surface area (Å²) in [5.74, 6) is -2.51. The number of benzene rings is 2. The molecule has 0 saturated carbocycles. The van der Waals surface area contributed by atoms with E-state index in [9.17, 15) is 9.59 Å². The summed E-state index contributed by atoms with van der Waals surface area (Å²) in [7, 11) is 0. The van der Waals surface area contributed by atoms with Crippen molar-refractivity contribution in [1.29, 1.82) is 0 Å². The second-order valence-corrected chi connectivity index (χ2v) is 4.74. The zero-order valence-corrected chi connectivity index (χ0v) is 13.4. The number of nitrogens with zero attached hydrogens (tertiary/aromatic N) is 2. The minimum atomic E-state index is -1.26. The molecule has 0 atom stereocenters. The lowest BCUT2D eigenvalue weighted by Crippen LogP contribution is -1.91. The van der Waals surface area contributed by atoms with Gasteiger partial charge in [-0.05, 0) is 24.3 Å². The molecule has 0 amide bonds. The number of para-hydroxylation sites is 2. The van der Waals surface area contributed by atoms with Crippen molar-refractivity contribution >= 4 is 33.9 Å². The molecular weight excluding hydrogens is 340 g/mol. The highest BCUT2D eigenvalue weighted by molar-refractivity contribution is 5.89. The van der Waals surface area contributed by atoms with Gasteiger partial charge in [-0.15, -0.1) is 0 Å². The molecule has 26 heavy (non-hydrogen) atoms. The molecule has 4 aromatic rings. The van der Waals surface area contributed by atoms with Crippen LogP contribution < -0.4 is 0 Å². The summed E-state index contributed by atoms with van der Waals surface area (Å²) >= 11 is 0. The second kappa shape index (κ2) is 9.38. The zero-order chi connectivity index (χ0) is 18.8. The van der Waals surface area contributed by atoms with E-state index in [2.05, 4.69) is 10.3 Å². The Morgan fingerprint density at radius 1 is 0.731 bits per heavy atom. The van der Waals surface area contributed by atoms with Crippen LogP contribution in [0.1, 0.15) is 0 Å². The SMILES string of the molecule is O=C(O)/C=C/C(=O)O.c1ccc2oncc2c1.c1ccc2oncc2c1. The van der Waals surface area contributed by atoms with Crippen molar-refractivity contribution in [1.82, 2.24) is 10.3 Å². The minimum absolute atomic E-state index is 0.558. The van der Waals surface area contributed by atoms with E-state index in [1.54, 1.807) is 12.4 Å². The van der Waals surface area contributed by atoms with E-state index in [0.29, 0.717) is 12.2 Å². The molecule has 0 spiro atoms. The van der Waals surface area contributed by atoms with Crippen LogP contribution in [0.15, 0.2) is 82.1 Å². The third-order valence-corrected chi connectivity index (χ3v) is 2.89. The van der Waals surface area contributed by atoms with E-state index in [0.717, 1.165) is 21.9 Å². The number of hydrogen-bond acceptors (Lipinski definition) is 6. The number of hydrogen-bond donors (Lipinski definition) is 2. The Balaban J connectivity index is 0.000000141. The van der Waals surface area contributed by atoms with Crippen LogP contribution in [0.25, 0.3) is 21.9 Å². The Labute approximate surface area is 146 Å². The Bertz CT molecular complexity index is 876. The molecule has 8 nitrogen and oxygen atoms in total. The first kappa shape index (κ1) is 18.4. The van der Waals surface area contributed by atoms with E-state index < -0.39 is 11.9 Å². The number of fused-ring (bicyclic) bond motifs is 2. The first-order chi connectivity index (χ1) is 12.6. The normalized spacial score (nSPS) is 10.0. The standard InChI is InChI=1S/2C7H5NO.C4H4O4/c2*1-2-4-7-6(3-1)5-8-9-7;5-3(6)1-2-4(7)8/h2*1-5H;1-2H,(H,5,6)(H,7,8)/b;;2-1+. The highest BCUT2D eigenvalue weighted by Gasteiger charge is 1.92. The van der Waals surface area contributed by atoms with E-state index >= 15 is 0 Å². The summed E-state index contributed by atoms with van der Waals surface area (Å²) in [6.07, 6.45) is 4.52. The topological polar surface area (TPSA) is 127 Å². The molecule has 0 aliphatic heterocycles. The van der Waals surface area contributed by atoms with Gasteiger partial charge >= 0.3 is 11.9 Å². The molecule has 8 heteroatoms.